The van der Waals surface area contributed by atoms with E-state index >= 15 is 0 Å². The van der Waals surface area contributed by atoms with Crippen LogP contribution in [0.25, 0.3) is 0 Å². The Morgan fingerprint density at radius 3 is 2.84 bits per heavy atom. The van der Waals surface area contributed by atoms with E-state index in [1.165, 1.54) is 23.3 Å². The first-order valence-corrected chi connectivity index (χ1v) is 7.69. The molecule has 3 rings (SSSR count). The van der Waals surface area contributed by atoms with Gasteiger partial charge in [-0.25, -0.2) is 0 Å². The SMILES string of the molecule is Cc1ccsc1C(CN)N(Cc1ccco1)C1CC1. The topological polar surface area (TPSA) is 42.4 Å². The monoisotopic (exact) mass is 276 g/mol. The van der Waals surface area contributed by atoms with Crippen molar-refractivity contribution in [2.75, 3.05) is 6.54 Å². The second-order valence-electron chi connectivity index (χ2n) is 5.20. The van der Waals surface area contributed by atoms with Crippen LogP contribution in [0.4, 0.5) is 0 Å². The molecule has 102 valence electrons. The zero-order valence-corrected chi connectivity index (χ0v) is 12.0. The molecule has 0 spiro atoms. The molecule has 4 heteroatoms. The molecule has 0 radical (unpaired) electrons. The van der Waals surface area contributed by atoms with E-state index in [2.05, 4.69) is 23.3 Å². The number of hydrogen-bond acceptors (Lipinski definition) is 4. The van der Waals surface area contributed by atoms with Gasteiger partial charge in [0.05, 0.1) is 18.8 Å². The number of hydrogen-bond donors (Lipinski definition) is 1. The molecule has 0 aliphatic heterocycles. The highest BCUT2D eigenvalue weighted by atomic mass is 32.1. The Morgan fingerprint density at radius 1 is 1.47 bits per heavy atom. The predicted octanol–water partition coefficient (Wildman–Crippen LogP) is 3.31. The number of rotatable bonds is 6. The van der Waals surface area contributed by atoms with Crippen LogP contribution >= 0.6 is 11.3 Å². The van der Waals surface area contributed by atoms with Crippen molar-refractivity contribution in [1.29, 1.82) is 0 Å². The molecule has 3 nitrogen and oxygen atoms in total. The smallest absolute Gasteiger partial charge is 0.117 e. The molecule has 0 aromatic carbocycles. The molecule has 1 aliphatic rings. The van der Waals surface area contributed by atoms with Gasteiger partial charge in [-0.05, 0) is 48.9 Å². The van der Waals surface area contributed by atoms with Crippen LogP contribution < -0.4 is 5.73 Å². The van der Waals surface area contributed by atoms with E-state index in [0.717, 1.165) is 12.3 Å². The van der Waals surface area contributed by atoms with Crippen LogP contribution in [0.2, 0.25) is 0 Å². The van der Waals surface area contributed by atoms with Gasteiger partial charge in [0.25, 0.3) is 0 Å². The third-order valence-electron chi connectivity index (χ3n) is 3.76. The molecular formula is C15H20N2OS. The minimum absolute atomic E-state index is 0.317. The summed E-state index contributed by atoms with van der Waals surface area (Å²) in [7, 11) is 0. The van der Waals surface area contributed by atoms with Gasteiger partial charge in [0.15, 0.2) is 0 Å². The van der Waals surface area contributed by atoms with Gasteiger partial charge in [-0.1, -0.05) is 0 Å². The maximum absolute atomic E-state index is 6.06. The van der Waals surface area contributed by atoms with Crippen molar-refractivity contribution < 1.29 is 4.42 Å². The Kier molecular flexibility index (Phi) is 3.73. The van der Waals surface area contributed by atoms with E-state index in [0.29, 0.717) is 18.6 Å². The second kappa shape index (κ2) is 5.49. The Hall–Kier alpha value is -1.10. The van der Waals surface area contributed by atoms with Crippen LogP contribution in [0.1, 0.15) is 35.1 Å². The highest BCUT2D eigenvalue weighted by Gasteiger charge is 2.35. The molecular weight excluding hydrogens is 256 g/mol. The fourth-order valence-electron chi connectivity index (χ4n) is 2.60. The van der Waals surface area contributed by atoms with Gasteiger partial charge in [0.2, 0.25) is 0 Å². The van der Waals surface area contributed by atoms with E-state index in [1.807, 2.05) is 23.5 Å². The van der Waals surface area contributed by atoms with E-state index in [4.69, 9.17) is 10.2 Å². The first-order valence-electron chi connectivity index (χ1n) is 6.81. The number of nitrogens with zero attached hydrogens (tertiary/aromatic N) is 1. The molecule has 0 saturated heterocycles. The number of aryl methyl sites for hydroxylation is 1. The summed E-state index contributed by atoms with van der Waals surface area (Å²) in [5.41, 5.74) is 7.42. The average molecular weight is 276 g/mol. The van der Waals surface area contributed by atoms with Crippen molar-refractivity contribution >= 4 is 11.3 Å². The van der Waals surface area contributed by atoms with E-state index in [9.17, 15) is 0 Å². The quantitative estimate of drug-likeness (QED) is 0.880. The van der Waals surface area contributed by atoms with Crippen LogP contribution in [0.5, 0.6) is 0 Å². The Labute approximate surface area is 118 Å². The fraction of sp³-hybridized carbons (Fsp3) is 0.467. The number of thiophene rings is 1. The predicted molar refractivity (Wildman–Crippen MR) is 78.1 cm³/mol. The molecule has 2 aromatic rings. The maximum atomic E-state index is 6.06. The summed E-state index contributed by atoms with van der Waals surface area (Å²) in [5, 5.41) is 2.16. The van der Waals surface area contributed by atoms with Crippen LogP contribution in [-0.2, 0) is 6.54 Å². The van der Waals surface area contributed by atoms with Crippen molar-refractivity contribution in [3.63, 3.8) is 0 Å². The first-order chi connectivity index (χ1) is 9.29. The van der Waals surface area contributed by atoms with Gasteiger partial charge in [0, 0.05) is 17.5 Å². The third kappa shape index (κ3) is 2.76. The van der Waals surface area contributed by atoms with Crippen molar-refractivity contribution in [2.24, 2.45) is 5.73 Å². The number of nitrogens with two attached hydrogens (primary N) is 1. The molecule has 1 atom stereocenters. The van der Waals surface area contributed by atoms with Gasteiger partial charge in [-0.2, -0.15) is 0 Å². The zero-order valence-electron chi connectivity index (χ0n) is 11.2. The lowest BCUT2D eigenvalue weighted by molar-refractivity contribution is 0.170. The largest absolute Gasteiger partial charge is 0.468 e. The molecule has 1 aliphatic carbocycles. The van der Waals surface area contributed by atoms with E-state index < -0.39 is 0 Å². The minimum atomic E-state index is 0.317. The highest BCUT2D eigenvalue weighted by molar-refractivity contribution is 7.10. The van der Waals surface area contributed by atoms with Crippen LogP contribution in [-0.4, -0.2) is 17.5 Å². The standard InChI is InChI=1S/C15H20N2OS/c1-11-6-8-19-15(11)14(9-16)17(12-4-5-12)10-13-3-2-7-18-13/h2-3,6-8,12,14H,4-5,9-10,16H2,1H3. The zero-order chi connectivity index (χ0) is 13.2. The molecule has 0 amide bonds. The summed E-state index contributed by atoms with van der Waals surface area (Å²) in [6.45, 7) is 3.70. The van der Waals surface area contributed by atoms with Gasteiger partial charge >= 0.3 is 0 Å². The third-order valence-corrected chi connectivity index (χ3v) is 4.88. The molecule has 1 saturated carbocycles. The van der Waals surface area contributed by atoms with Crippen LogP contribution in [0.3, 0.4) is 0 Å². The second-order valence-corrected chi connectivity index (χ2v) is 6.15. The normalized spacial score (nSPS) is 17.0. The fourth-order valence-corrected chi connectivity index (χ4v) is 3.66. The summed E-state index contributed by atoms with van der Waals surface area (Å²) in [6.07, 6.45) is 4.30. The maximum Gasteiger partial charge on any atom is 0.117 e. The van der Waals surface area contributed by atoms with Gasteiger partial charge in [-0.3, -0.25) is 4.90 Å². The number of furan rings is 1. The van der Waals surface area contributed by atoms with E-state index in [-0.39, 0.29) is 0 Å². The lowest BCUT2D eigenvalue weighted by atomic mass is 10.1. The van der Waals surface area contributed by atoms with Crippen molar-refractivity contribution in [3.8, 4) is 0 Å². The molecule has 2 heterocycles. The molecule has 1 fully saturated rings. The summed E-state index contributed by atoms with van der Waals surface area (Å²) < 4.78 is 5.51. The Bertz CT molecular complexity index is 516. The molecule has 2 aromatic heterocycles. The van der Waals surface area contributed by atoms with Gasteiger partial charge in [-0.15, -0.1) is 11.3 Å². The Balaban J connectivity index is 1.83. The van der Waals surface area contributed by atoms with Crippen molar-refractivity contribution in [3.05, 3.63) is 46.0 Å². The van der Waals surface area contributed by atoms with Gasteiger partial charge in [0.1, 0.15) is 5.76 Å². The Morgan fingerprint density at radius 2 is 2.32 bits per heavy atom. The molecule has 1 unspecified atom stereocenters. The van der Waals surface area contributed by atoms with Gasteiger partial charge < -0.3 is 10.2 Å². The molecule has 19 heavy (non-hydrogen) atoms. The first kappa shape index (κ1) is 12.9. The summed E-state index contributed by atoms with van der Waals surface area (Å²) in [4.78, 5) is 3.92. The van der Waals surface area contributed by atoms with Crippen LogP contribution in [0, 0.1) is 6.92 Å². The lowest BCUT2D eigenvalue weighted by Gasteiger charge is -2.30. The minimum Gasteiger partial charge on any atom is -0.468 e. The lowest BCUT2D eigenvalue weighted by Crippen LogP contribution is -2.34. The summed E-state index contributed by atoms with van der Waals surface area (Å²) in [5.74, 6) is 1.03. The molecule has 2 N–H and O–H groups in total. The molecule has 0 bridgehead atoms. The van der Waals surface area contributed by atoms with Crippen molar-refractivity contribution in [2.45, 2.75) is 38.4 Å². The van der Waals surface area contributed by atoms with Crippen molar-refractivity contribution in [1.82, 2.24) is 4.90 Å². The average Bonchev–Trinajstić information content (AvgIpc) is 2.97. The van der Waals surface area contributed by atoms with E-state index in [1.54, 1.807) is 6.26 Å². The summed E-state index contributed by atoms with van der Waals surface area (Å²) >= 11 is 1.82. The van der Waals surface area contributed by atoms with Crippen LogP contribution in [0.15, 0.2) is 34.3 Å². The highest BCUT2D eigenvalue weighted by Crippen LogP contribution is 2.38. The summed E-state index contributed by atoms with van der Waals surface area (Å²) in [6, 6.07) is 7.16.